The van der Waals surface area contributed by atoms with Crippen LogP contribution in [-0.2, 0) is 17.8 Å². The summed E-state index contributed by atoms with van der Waals surface area (Å²) in [5.41, 5.74) is 2.28. The summed E-state index contributed by atoms with van der Waals surface area (Å²) in [4.78, 5) is 11.2. The predicted molar refractivity (Wildman–Crippen MR) is 69.7 cm³/mol. The SMILES string of the molecule is CCn1c(CC(C)=O)cc2c(Br)cccc21. The van der Waals surface area contributed by atoms with Crippen LogP contribution in [0.25, 0.3) is 10.9 Å². The monoisotopic (exact) mass is 279 g/mol. The fourth-order valence-corrected chi connectivity index (χ4v) is 2.55. The van der Waals surface area contributed by atoms with Gasteiger partial charge in [-0.25, -0.2) is 0 Å². The Bertz CT molecular complexity index is 542. The highest BCUT2D eigenvalue weighted by Crippen LogP contribution is 2.27. The van der Waals surface area contributed by atoms with Gasteiger partial charge in [0, 0.05) is 34.0 Å². The first-order valence-electron chi connectivity index (χ1n) is 5.39. The molecule has 1 aromatic heterocycles. The quantitative estimate of drug-likeness (QED) is 0.842. The highest BCUT2D eigenvalue weighted by molar-refractivity contribution is 9.10. The van der Waals surface area contributed by atoms with Crippen molar-refractivity contribution < 1.29 is 4.79 Å². The molecule has 0 aliphatic carbocycles. The topological polar surface area (TPSA) is 22.0 Å². The van der Waals surface area contributed by atoms with Gasteiger partial charge in [-0.15, -0.1) is 0 Å². The Morgan fingerprint density at radius 2 is 2.19 bits per heavy atom. The number of aryl methyl sites for hydroxylation is 1. The van der Waals surface area contributed by atoms with Gasteiger partial charge >= 0.3 is 0 Å². The van der Waals surface area contributed by atoms with Crippen molar-refractivity contribution in [3.8, 4) is 0 Å². The number of Topliss-reactive ketones (excluding diaryl/α,β-unsaturated/α-hetero) is 1. The number of ketones is 1. The number of benzene rings is 1. The third-order valence-electron chi connectivity index (χ3n) is 2.72. The molecule has 0 unspecified atom stereocenters. The van der Waals surface area contributed by atoms with Crippen LogP contribution >= 0.6 is 15.9 Å². The maximum atomic E-state index is 11.2. The lowest BCUT2D eigenvalue weighted by molar-refractivity contribution is -0.116. The largest absolute Gasteiger partial charge is 0.344 e. The van der Waals surface area contributed by atoms with Gasteiger partial charge in [-0.3, -0.25) is 4.79 Å². The van der Waals surface area contributed by atoms with E-state index >= 15 is 0 Å². The van der Waals surface area contributed by atoms with Gasteiger partial charge in [-0.1, -0.05) is 22.0 Å². The van der Waals surface area contributed by atoms with Crippen LogP contribution in [0.5, 0.6) is 0 Å². The zero-order chi connectivity index (χ0) is 11.7. The molecule has 0 saturated carbocycles. The molecule has 0 spiro atoms. The molecule has 2 aromatic rings. The van der Waals surface area contributed by atoms with Crippen LogP contribution in [0.1, 0.15) is 19.5 Å². The molecular weight excluding hydrogens is 266 g/mol. The van der Waals surface area contributed by atoms with Gasteiger partial charge in [0.15, 0.2) is 0 Å². The van der Waals surface area contributed by atoms with Crippen molar-refractivity contribution >= 4 is 32.6 Å². The van der Waals surface area contributed by atoms with Gasteiger partial charge < -0.3 is 4.57 Å². The average molecular weight is 280 g/mol. The number of carbonyl (C=O) groups excluding carboxylic acids is 1. The molecule has 0 aliphatic rings. The summed E-state index contributed by atoms with van der Waals surface area (Å²) in [6.07, 6.45) is 0.509. The molecular formula is C13H14BrNO. The molecule has 0 atom stereocenters. The zero-order valence-corrected chi connectivity index (χ0v) is 11.0. The molecule has 0 aliphatic heterocycles. The first-order valence-corrected chi connectivity index (χ1v) is 6.19. The standard InChI is InChI=1S/C13H14BrNO/c1-3-15-10(7-9(2)16)8-11-12(14)5-4-6-13(11)15/h4-6,8H,3,7H2,1-2H3. The normalized spacial score (nSPS) is 10.9. The molecule has 0 bridgehead atoms. The Morgan fingerprint density at radius 1 is 1.44 bits per heavy atom. The summed E-state index contributed by atoms with van der Waals surface area (Å²) >= 11 is 3.54. The molecule has 0 radical (unpaired) electrons. The number of hydrogen-bond donors (Lipinski definition) is 0. The van der Waals surface area contributed by atoms with Crippen LogP contribution in [-0.4, -0.2) is 10.4 Å². The van der Waals surface area contributed by atoms with Crippen LogP contribution in [0.2, 0.25) is 0 Å². The van der Waals surface area contributed by atoms with Gasteiger partial charge in [0.05, 0.1) is 0 Å². The molecule has 84 valence electrons. The minimum absolute atomic E-state index is 0.202. The van der Waals surface area contributed by atoms with Crippen molar-refractivity contribution in [2.24, 2.45) is 0 Å². The van der Waals surface area contributed by atoms with Crippen molar-refractivity contribution in [1.82, 2.24) is 4.57 Å². The lowest BCUT2D eigenvalue weighted by atomic mass is 10.2. The number of nitrogens with zero attached hydrogens (tertiary/aromatic N) is 1. The van der Waals surface area contributed by atoms with Crippen LogP contribution in [0.15, 0.2) is 28.7 Å². The summed E-state index contributed by atoms with van der Waals surface area (Å²) in [5.74, 6) is 0.202. The van der Waals surface area contributed by atoms with Crippen LogP contribution in [0.3, 0.4) is 0 Å². The smallest absolute Gasteiger partial charge is 0.135 e. The Morgan fingerprint density at radius 3 is 2.81 bits per heavy atom. The minimum atomic E-state index is 0.202. The third-order valence-corrected chi connectivity index (χ3v) is 3.42. The molecule has 3 heteroatoms. The average Bonchev–Trinajstić information content (AvgIpc) is 2.56. The third kappa shape index (κ3) is 1.92. The van der Waals surface area contributed by atoms with E-state index in [9.17, 15) is 4.79 Å². The van der Waals surface area contributed by atoms with Gasteiger partial charge in [0.1, 0.15) is 5.78 Å². The van der Waals surface area contributed by atoms with E-state index < -0.39 is 0 Å². The number of aromatic nitrogens is 1. The zero-order valence-electron chi connectivity index (χ0n) is 9.46. The second kappa shape index (κ2) is 4.42. The van der Waals surface area contributed by atoms with Crippen molar-refractivity contribution in [3.05, 3.63) is 34.4 Å². The van der Waals surface area contributed by atoms with E-state index in [2.05, 4.69) is 39.6 Å². The Labute approximate surface area is 103 Å². The highest BCUT2D eigenvalue weighted by Gasteiger charge is 2.10. The Balaban J connectivity index is 2.66. The number of halogens is 1. The second-order valence-electron chi connectivity index (χ2n) is 3.93. The molecule has 2 rings (SSSR count). The summed E-state index contributed by atoms with van der Waals surface area (Å²) in [6.45, 7) is 4.62. The van der Waals surface area contributed by atoms with Crippen LogP contribution < -0.4 is 0 Å². The van der Waals surface area contributed by atoms with Crippen LogP contribution in [0.4, 0.5) is 0 Å². The van der Waals surface area contributed by atoms with Gasteiger partial charge in [0.2, 0.25) is 0 Å². The maximum absolute atomic E-state index is 11.2. The summed E-state index contributed by atoms with van der Waals surface area (Å²) in [6, 6.07) is 8.24. The van der Waals surface area contributed by atoms with Gasteiger partial charge in [-0.2, -0.15) is 0 Å². The van der Waals surface area contributed by atoms with E-state index in [0.29, 0.717) is 6.42 Å². The molecule has 0 amide bonds. The number of fused-ring (bicyclic) bond motifs is 1. The van der Waals surface area contributed by atoms with Gasteiger partial charge in [0.25, 0.3) is 0 Å². The van der Waals surface area contributed by atoms with Crippen molar-refractivity contribution in [2.75, 3.05) is 0 Å². The number of rotatable bonds is 3. The van der Waals surface area contributed by atoms with E-state index in [1.807, 2.05) is 12.1 Å². The lowest BCUT2D eigenvalue weighted by Gasteiger charge is -2.06. The first kappa shape index (κ1) is 11.4. The molecule has 2 nitrogen and oxygen atoms in total. The summed E-state index contributed by atoms with van der Waals surface area (Å²) < 4.78 is 3.28. The molecule has 1 heterocycles. The van der Waals surface area contributed by atoms with E-state index in [1.165, 1.54) is 10.9 Å². The second-order valence-corrected chi connectivity index (χ2v) is 4.79. The van der Waals surface area contributed by atoms with E-state index in [1.54, 1.807) is 6.92 Å². The predicted octanol–water partition coefficient (Wildman–Crippen LogP) is 3.56. The molecule has 0 saturated heterocycles. The summed E-state index contributed by atoms with van der Waals surface area (Å²) in [7, 11) is 0. The van der Waals surface area contributed by atoms with E-state index in [-0.39, 0.29) is 5.78 Å². The lowest BCUT2D eigenvalue weighted by Crippen LogP contribution is -2.04. The Kier molecular flexibility index (Phi) is 3.15. The van der Waals surface area contributed by atoms with Crippen molar-refractivity contribution in [1.29, 1.82) is 0 Å². The Hall–Kier alpha value is -1.09. The minimum Gasteiger partial charge on any atom is -0.344 e. The first-order chi connectivity index (χ1) is 7.63. The fraction of sp³-hybridized carbons (Fsp3) is 0.308. The number of carbonyl (C=O) groups is 1. The van der Waals surface area contributed by atoms with Crippen LogP contribution in [0, 0.1) is 0 Å². The highest BCUT2D eigenvalue weighted by atomic mass is 79.9. The molecule has 0 fully saturated rings. The fourth-order valence-electron chi connectivity index (χ4n) is 2.08. The molecule has 0 N–H and O–H groups in total. The van der Waals surface area contributed by atoms with E-state index in [0.717, 1.165) is 16.7 Å². The van der Waals surface area contributed by atoms with Gasteiger partial charge in [-0.05, 0) is 32.0 Å². The van der Waals surface area contributed by atoms with Crippen molar-refractivity contribution in [3.63, 3.8) is 0 Å². The number of hydrogen-bond acceptors (Lipinski definition) is 1. The summed E-state index contributed by atoms with van der Waals surface area (Å²) in [5, 5.41) is 1.18. The van der Waals surface area contributed by atoms with E-state index in [4.69, 9.17) is 0 Å². The maximum Gasteiger partial charge on any atom is 0.135 e. The molecule has 1 aromatic carbocycles. The van der Waals surface area contributed by atoms with Crippen molar-refractivity contribution in [2.45, 2.75) is 26.8 Å². The molecule has 16 heavy (non-hydrogen) atoms.